The largest absolute Gasteiger partial charge is 0.369 e. The number of aldehydes is 1. The van der Waals surface area contributed by atoms with E-state index in [2.05, 4.69) is 9.84 Å². The van der Waals surface area contributed by atoms with Crippen LogP contribution in [0.2, 0.25) is 0 Å². The standard InChI is InChI=1S/C9H9N3OS/c1-10-7-4-9(11-6-12(2)3)14-8(7)5-13/h4-6H,2-3H3. The van der Waals surface area contributed by atoms with Crippen LogP contribution in [-0.2, 0) is 0 Å². The van der Waals surface area contributed by atoms with Crippen molar-refractivity contribution in [2.75, 3.05) is 14.1 Å². The molecule has 0 aliphatic carbocycles. The fraction of sp³-hybridized carbons (Fsp3) is 0.222. The lowest BCUT2D eigenvalue weighted by atomic mass is 10.4. The fourth-order valence-electron chi connectivity index (χ4n) is 0.790. The van der Waals surface area contributed by atoms with Crippen LogP contribution in [0.1, 0.15) is 9.67 Å². The highest BCUT2D eigenvalue weighted by atomic mass is 32.1. The molecule has 5 heteroatoms. The number of nitrogens with zero attached hydrogens (tertiary/aromatic N) is 3. The first kappa shape index (κ1) is 10.4. The quantitative estimate of drug-likeness (QED) is 0.330. The van der Waals surface area contributed by atoms with Crippen LogP contribution >= 0.6 is 11.3 Å². The van der Waals surface area contributed by atoms with Gasteiger partial charge in [-0.15, -0.1) is 11.3 Å². The van der Waals surface area contributed by atoms with Crippen LogP contribution in [0.25, 0.3) is 4.85 Å². The number of thiophene rings is 1. The molecule has 1 aromatic rings. The summed E-state index contributed by atoms with van der Waals surface area (Å²) in [6.07, 6.45) is 2.32. The van der Waals surface area contributed by atoms with Gasteiger partial charge in [-0.25, -0.2) is 9.84 Å². The number of hydrogen-bond acceptors (Lipinski definition) is 3. The Kier molecular flexibility index (Phi) is 3.37. The Morgan fingerprint density at radius 1 is 1.64 bits per heavy atom. The summed E-state index contributed by atoms with van der Waals surface area (Å²) in [7, 11) is 3.71. The molecule has 0 radical (unpaired) electrons. The molecule has 0 atom stereocenters. The van der Waals surface area contributed by atoms with Crippen molar-refractivity contribution in [3.05, 3.63) is 22.4 Å². The minimum atomic E-state index is 0.371. The summed E-state index contributed by atoms with van der Waals surface area (Å²) in [6.45, 7) is 6.83. The van der Waals surface area contributed by atoms with E-state index in [9.17, 15) is 4.79 Å². The lowest BCUT2D eigenvalue weighted by Gasteiger charge is -2.00. The molecule has 4 nitrogen and oxygen atoms in total. The van der Waals surface area contributed by atoms with Gasteiger partial charge >= 0.3 is 0 Å². The zero-order chi connectivity index (χ0) is 10.6. The van der Waals surface area contributed by atoms with Crippen LogP contribution in [0.3, 0.4) is 0 Å². The Morgan fingerprint density at radius 2 is 2.36 bits per heavy atom. The summed E-state index contributed by atoms with van der Waals surface area (Å²) >= 11 is 1.22. The highest BCUT2D eigenvalue weighted by Crippen LogP contribution is 2.33. The van der Waals surface area contributed by atoms with Gasteiger partial charge < -0.3 is 4.90 Å². The van der Waals surface area contributed by atoms with E-state index in [-0.39, 0.29) is 0 Å². The smallest absolute Gasteiger partial charge is 0.210 e. The average Bonchev–Trinajstić information content (AvgIpc) is 2.57. The predicted molar refractivity (Wildman–Crippen MR) is 57.8 cm³/mol. The average molecular weight is 207 g/mol. The van der Waals surface area contributed by atoms with Gasteiger partial charge in [-0.05, 0) is 6.07 Å². The molecule has 1 heterocycles. The third-order valence-electron chi connectivity index (χ3n) is 1.37. The third-order valence-corrected chi connectivity index (χ3v) is 2.33. The van der Waals surface area contributed by atoms with Crippen LogP contribution in [0.15, 0.2) is 11.1 Å². The summed E-state index contributed by atoms with van der Waals surface area (Å²) in [5.41, 5.74) is 0.371. The van der Waals surface area contributed by atoms with Crippen LogP contribution in [0, 0.1) is 6.57 Å². The monoisotopic (exact) mass is 207 g/mol. The number of carbonyl (C=O) groups is 1. The Hall–Kier alpha value is -1.67. The van der Waals surface area contributed by atoms with Crippen molar-refractivity contribution in [2.45, 2.75) is 0 Å². The molecule has 1 aromatic heterocycles. The number of carbonyl (C=O) groups excluding carboxylic acids is 1. The van der Waals surface area contributed by atoms with Gasteiger partial charge in [-0.1, -0.05) is 0 Å². The molecule has 0 aliphatic rings. The molecule has 0 N–H and O–H groups in total. The molecule has 0 aromatic carbocycles. The van der Waals surface area contributed by atoms with Crippen molar-refractivity contribution >= 4 is 34.6 Å². The molecule has 72 valence electrons. The number of rotatable bonds is 3. The lowest BCUT2D eigenvalue weighted by molar-refractivity contribution is 0.112. The molecule has 0 saturated carbocycles. The highest BCUT2D eigenvalue weighted by molar-refractivity contribution is 7.18. The van der Waals surface area contributed by atoms with E-state index in [0.717, 1.165) is 0 Å². The van der Waals surface area contributed by atoms with Crippen molar-refractivity contribution < 1.29 is 4.79 Å². The van der Waals surface area contributed by atoms with Gasteiger partial charge in [-0.3, -0.25) is 4.79 Å². The summed E-state index contributed by atoms with van der Waals surface area (Å²) in [5.74, 6) is 0. The molecule has 0 saturated heterocycles. The zero-order valence-electron chi connectivity index (χ0n) is 7.89. The second kappa shape index (κ2) is 4.53. The SMILES string of the molecule is [C-]#[N+]c1cc(N=CN(C)C)sc1C=O. The molecule has 0 fully saturated rings. The molecule has 0 aliphatic heterocycles. The first-order valence-corrected chi connectivity index (χ1v) is 4.66. The van der Waals surface area contributed by atoms with E-state index >= 15 is 0 Å². The van der Waals surface area contributed by atoms with Gasteiger partial charge in [0.25, 0.3) is 0 Å². The van der Waals surface area contributed by atoms with Crippen LogP contribution in [-0.4, -0.2) is 31.6 Å². The van der Waals surface area contributed by atoms with Gasteiger partial charge in [0.05, 0.1) is 17.8 Å². The topological polar surface area (TPSA) is 37.0 Å². The van der Waals surface area contributed by atoms with E-state index in [4.69, 9.17) is 6.57 Å². The second-order valence-electron chi connectivity index (χ2n) is 2.77. The van der Waals surface area contributed by atoms with Crippen molar-refractivity contribution in [3.63, 3.8) is 0 Å². The van der Waals surface area contributed by atoms with E-state index < -0.39 is 0 Å². The van der Waals surface area contributed by atoms with Crippen molar-refractivity contribution in [2.24, 2.45) is 4.99 Å². The van der Waals surface area contributed by atoms with Gasteiger partial charge in [-0.2, -0.15) is 0 Å². The molecular formula is C9H9N3OS. The van der Waals surface area contributed by atoms with E-state index in [1.165, 1.54) is 11.3 Å². The normalized spacial score (nSPS) is 10.1. The lowest BCUT2D eigenvalue weighted by Crippen LogP contribution is -2.06. The Bertz CT molecular complexity index is 401. The Balaban J connectivity index is 2.97. The van der Waals surface area contributed by atoms with Crippen LogP contribution < -0.4 is 0 Å². The molecule has 0 bridgehead atoms. The first-order valence-electron chi connectivity index (χ1n) is 3.84. The molecule has 0 amide bonds. The predicted octanol–water partition coefficient (Wildman–Crippen LogP) is 2.33. The molecule has 1 rings (SSSR count). The minimum absolute atomic E-state index is 0.371. The van der Waals surface area contributed by atoms with Crippen molar-refractivity contribution in [1.29, 1.82) is 0 Å². The molecule has 0 unspecified atom stereocenters. The van der Waals surface area contributed by atoms with Crippen molar-refractivity contribution in [1.82, 2.24) is 4.90 Å². The maximum Gasteiger partial charge on any atom is 0.210 e. The molecular weight excluding hydrogens is 198 g/mol. The Morgan fingerprint density at radius 3 is 2.79 bits per heavy atom. The van der Waals surface area contributed by atoms with Gasteiger partial charge in [0.15, 0.2) is 0 Å². The summed E-state index contributed by atoms with van der Waals surface area (Å²) in [6, 6.07) is 1.61. The summed E-state index contributed by atoms with van der Waals surface area (Å²) in [5, 5.41) is 0.673. The van der Waals surface area contributed by atoms with E-state index in [0.29, 0.717) is 21.9 Å². The first-order chi connectivity index (χ1) is 6.67. The fourth-order valence-corrected chi connectivity index (χ4v) is 1.54. The number of aliphatic imine (C=N–C) groups is 1. The zero-order valence-corrected chi connectivity index (χ0v) is 8.71. The Labute approximate surface area is 86.3 Å². The number of hydrogen-bond donors (Lipinski definition) is 0. The second-order valence-corrected chi connectivity index (χ2v) is 3.83. The van der Waals surface area contributed by atoms with Gasteiger partial charge in [0.1, 0.15) is 11.3 Å². The van der Waals surface area contributed by atoms with Gasteiger partial charge in [0, 0.05) is 14.1 Å². The third kappa shape index (κ3) is 2.41. The van der Waals surface area contributed by atoms with Crippen LogP contribution in [0.4, 0.5) is 10.7 Å². The summed E-state index contributed by atoms with van der Waals surface area (Å²) < 4.78 is 0. The maximum absolute atomic E-state index is 10.5. The summed E-state index contributed by atoms with van der Waals surface area (Å²) in [4.78, 5) is 20.1. The van der Waals surface area contributed by atoms with E-state index in [1.54, 1.807) is 17.3 Å². The highest BCUT2D eigenvalue weighted by Gasteiger charge is 2.06. The molecule has 14 heavy (non-hydrogen) atoms. The molecule has 0 spiro atoms. The van der Waals surface area contributed by atoms with Crippen molar-refractivity contribution in [3.8, 4) is 0 Å². The van der Waals surface area contributed by atoms with E-state index in [1.807, 2.05) is 14.1 Å². The van der Waals surface area contributed by atoms with Crippen LogP contribution in [0.5, 0.6) is 0 Å². The maximum atomic E-state index is 10.5. The van der Waals surface area contributed by atoms with Gasteiger partial charge in [0.2, 0.25) is 5.69 Å². The minimum Gasteiger partial charge on any atom is -0.369 e.